The van der Waals surface area contributed by atoms with Crippen molar-refractivity contribution >= 4 is 35.1 Å². The molecule has 1 aromatic heterocycles. The molecule has 0 bridgehead atoms. The number of ether oxygens (including phenoxy) is 2. The number of hydrogen-bond donors (Lipinski definition) is 0. The van der Waals surface area contributed by atoms with Crippen molar-refractivity contribution in [2.45, 2.75) is 52.7 Å². The molecule has 8 heteroatoms. The van der Waals surface area contributed by atoms with E-state index in [1.54, 1.807) is 41.5 Å². The monoisotopic (exact) mass is 390 g/mol. The van der Waals surface area contributed by atoms with E-state index >= 15 is 0 Å². The van der Waals surface area contributed by atoms with Crippen LogP contribution in [0.2, 0.25) is 0 Å². The molecule has 0 N–H and O–H groups in total. The van der Waals surface area contributed by atoms with E-state index in [-0.39, 0.29) is 16.8 Å². The zero-order valence-electron chi connectivity index (χ0n) is 16.7. The number of aromatic nitrogens is 1. The fourth-order valence-corrected chi connectivity index (χ4v) is 2.32. The number of pyridine rings is 1. The number of imide groups is 1. The molecule has 2 amide bonds. The number of nitrogens with zero attached hydrogens (tertiary/aromatic N) is 2. The van der Waals surface area contributed by atoms with Crippen LogP contribution in [-0.4, -0.2) is 34.7 Å². The van der Waals surface area contributed by atoms with Gasteiger partial charge in [-0.2, -0.15) is 4.90 Å². The van der Waals surface area contributed by atoms with Crippen LogP contribution in [0.3, 0.4) is 0 Å². The molecule has 0 fully saturated rings. The van der Waals surface area contributed by atoms with E-state index in [1.165, 1.54) is 18.3 Å². The van der Waals surface area contributed by atoms with Crippen molar-refractivity contribution in [1.82, 2.24) is 4.98 Å². The van der Waals surface area contributed by atoms with Gasteiger partial charge >= 0.3 is 12.2 Å². The average molecular weight is 390 g/mol. The molecule has 0 aliphatic carbocycles. The van der Waals surface area contributed by atoms with Crippen LogP contribution >= 0.6 is 0 Å². The highest BCUT2D eigenvalue weighted by Crippen LogP contribution is 2.26. The van der Waals surface area contributed by atoms with Gasteiger partial charge in [0.1, 0.15) is 22.8 Å². The van der Waals surface area contributed by atoms with Gasteiger partial charge in [0.15, 0.2) is 6.29 Å². The summed E-state index contributed by atoms with van der Waals surface area (Å²) in [6.45, 7) is 9.87. The second-order valence-corrected chi connectivity index (χ2v) is 8.14. The Morgan fingerprint density at radius 2 is 1.57 bits per heavy atom. The molecular weight excluding hydrogens is 367 g/mol. The molecule has 2 rings (SSSR count). The first-order valence-corrected chi connectivity index (χ1v) is 8.62. The molecule has 0 saturated carbocycles. The summed E-state index contributed by atoms with van der Waals surface area (Å²) in [5.41, 5.74) is -1.96. The summed E-state index contributed by atoms with van der Waals surface area (Å²) in [4.78, 5) is 41.4. The number of halogens is 1. The molecular formula is C20H23FN2O5. The summed E-state index contributed by atoms with van der Waals surface area (Å²) in [7, 11) is 0. The van der Waals surface area contributed by atoms with Crippen molar-refractivity contribution in [3.63, 3.8) is 0 Å². The summed E-state index contributed by atoms with van der Waals surface area (Å²) >= 11 is 0. The van der Waals surface area contributed by atoms with Gasteiger partial charge in [0.25, 0.3) is 0 Å². The standard InChI is InChI=1S/C20H23FN2O5/c1-19(2,3)27-17(25)23(18(26)28-20(4,5)6)16-9-13-12(10-22-16)7-8-15(21)14(13)11-24/h7-11H,1-6H3. The number of carbonyl (C=O) groups excluding carboxylic acids is 3. The fraction of sp³-hybridized carbons (Fsp3) is 0.400. The maximum atomic E-state index is 14.0. The zero-order chi connectivity index (χ0) is 21.3. The van der Waals surface area contributed by atoms with Gasteiger partial charge in [0.05, 0.1) is 5.56 Å². The topological polar surface area (TPSA) is 85.8 Å². The summed E-state index contributed by atoms with van der Waals surface area (Å²) in [5, 5.41) is 0.678. The van der Waals surface area contributed by atoms with E-state index in [4.69, 9.17) is 9.47 Å². The summed E-state index contributed by atoms with van der Waals surface area (Å²) < 4.78 is 24.5. The van der Waals surface area contributed by atoms with Gasteiger partial charge in [-0.05, 0) is 59.7 Å². The molecule has 0 spiro atoms. The third kappa shape index (κ3) is 5.03. The van der Waals surface area contributed by atoms with E-state index in [0.29, 0.717) is 16.6 Å². The maximum Gasteiger partial charge on any atom is 0.425 e. The van der Waals surface area contributed by atoms with E-state index in [1.807, 2.05) is 0 Å². The Bertz CT molecular complexity index is 901. The van der Waals surface area contributed by atoms with Crippen LogP contribution in [0.1, 0.15) is 51.9 Å². The van der Waals surface area contributed by atoms with Gasteiger partial charge in [-0.15, -0.1) is 0 Å². The third-order valence-electron chi connectivity index (χ3n) is 3.38. The number of hydrogen-bond acceptors (Lipinski definition) is 6. The highest BCUT2D eigenvalue weighted by Gasteiger charge is 2.33. The Hall–Kier alpha value is -3.03. The van der Waals surface area contributed by atoms with Gasteiger partial charge < -0.3 is 9.47 Å². The first kappa shape index (κ1) is 21.3. The zero-order valence-corrected chi connectivity index (χ0v) is 16.7. The van der Waals surface area contributed by atoms with Crippen molar-refractivity contribution < 1.29 is 28.2 Å². The maximum absolute atomic E-state index is 14.0. The van der Waals surface area contributed by atoms with Crippen LogP contribution in [0.25, 0.3) is 10.8 Å². The summed E-state index contributed by atoms with van der Waals surface area (Å²) in [5.74, 6) is -0.870. The SMILES string of the molecule is CC(C)(C)OC(=O)N(C(=O)OC(C)(C)C)c1cc2c(C=O)c(F)ccc2cn1. The number of carbonyl (C=O) groups is 3. The van der Waals surface area contributed by atoms with Crippen LogP contribution in [0.5, 0.6) is 0 Å². The summed E-state index contributed by atoms with van der Waals surface area (Å²) in [6, 6.07) is 3.86. The fourth-order valence-electron chi connectivity index (χ4n) is 2.32. The van der Waals surface area contributed by atoms with E-state index in [9.17, 15) is 18.8 Å². The molecule has 1 heterocycles. The third-order valence-corrected chi connectivity index (χ3v) is 3.38. The van der Waals surface area contributed by atoms with Gasteiger partial charge in [-0.3, -0.25) is 4.79 Å². The van der Waals surface area contributed by atoms with E-state index in [2.05, 4.69) is 4.98 Å². The Morgan fingerprint density at radius 3 is 2.04 bits per heavy atom. The molecule has 28 heavy (non-hydrogen) atoms. The number of anilines is 1. The van der Waals surface area contributed by atoms with Crippen LogP contribution in [0.15, 0.2) is 24.4 Å². The quantitative estimate of drug-likeness (QED) is 0.681. The first-order chi connectivity index (χ1) is 12.8. The number of fused-ring (bicyclic) bond motifs is 1. The molecule has 7 nitrogen and oxygen atoms in total. The smallest absolute Gasteiger partial charge is 0.425 e. The van der Waals surface area contributed by atoms with Gasteiger partial charge in [-0.1, -0.05) is 0 Å². The number of benzene rings is 1. The van der Waals surface area contributed by atoms with Gasteiger partial charge in [-0.25, -0.2) is 19.0 Å². The molecule has 0 radical (unpaired) electrons. The molecule has 1 aromatic carbocycles. The van der Waals surface area contributed by atoms with Gasteiger partial charge in [0.2, 0.25) is 0 Å². The summed E-state index contributed by atoms with van der Waals surface area (Å²) in [6.07, 6.45) is -0.304. The molecule has 0 atom stereocenters. The van der Waals surface area contributed by atoms with E-state index in [0.717, 1.165) is 6.07 Å². The lowest BCUT2D eigenvalue weighted by molar-refractivity contribution is 0.0429. The van der Waals surface area contributed by atoms with Crippen LogP contribution < -0.4 is 4.90 Å². The van der Waals surface area contributed by atoms with Crippen LogP contribution in [0.4, 0.5) is 19.8 Å². The lowest BCUT2D eigenvalue weighted by Crippen LogP contribution is -2.44. The molecule has 0 unspecified atom stereocenters. The number of aldehydes is 1. The predicted molar refractivity (Wildman–Crippen MR) is 102 cm³/mol. The lowest BCUT2D eigenvalue weighted by atomic mass is 10.1. The highest BCUT2D eigenvalue weighted by molar-refractivity contribution is 6.10. The second kappa shape index (κ2) is 7.53. The van der Waals surface area contributed by atoms with Crippen molar-refractivity contribution in [3.8, 4) is 0 Å². The number of rotatable bonds is 2. The van der Waals surface area contributed by atoms with Crippen LogP contribution in [-0.2, 0) is 9.47 Å². The highest BCUT2D eigenvalue weighted by atomic mass is 19.1. The van der Waals surface area contributed by atoms with Crippen LogP contribution in [0, 0.1) is 5.82 Å². The molecule has 0 aliphatic rings. The Balaban J connectivity index is 2.60. The molecule has 2 aromatic rings. The molecule has 0 aliphatic heterocycles. The minimum Gasteiger partial charge on any atom is -0.443 e. The Morgan fingerprint density at radius 1 is 1.04 bits per heavy atom. The predicted octanol–water partition coefficient (Wildman–Crippen LogP) is 4.86. The molecule has 0 saturated heterocycles. The van der Waals surface area contributed by atoms with Gasteiger partial charge in [0, 0.05) is 17.0 Å². The largest absolute Gasteiger partial charge is 0.443 e. The minimum absolute atomic E-state index is 0.148. The minimum atomic E-state index is -1.00. The van der Waals surface area contributed by atoms with Crippen molar-refractivity contribution in [2.24, 2.45) is 0 Å². The Labute approximate surface area is 162 Å². The number of amides is 2. The lowest BCUT2D eigenvalue weighted by Gasteiger charge is -2.28. The average Bonchev–Trinajstić information content (AvgIpc) is 2.51. The molecule has 150 valence electrons. The second-order valence-electron chi connectivity index (χ2n) is 8.14. The van der Waals surface area contributed by atoms with Crippen molar-refractivity contribution in [2.75, 3.05) is 4.90 Å². The van der Waals surface area contributed by atoms with E-state index < -0.39 is 29.2 Å². The normalized spacial score (nSPS) is 11.8. The first-order valence-electron chi connectivity index (χ1n) is 8.62. The van der Waals surface area contributed by atoms with Crippen molar-refractivity contribution in [1.29, 1.82) is 0 Å². The Kier molecular flexibility index (Phi) is 5.72. The van der Waals surface area contributed by atoms with Crippen molar-refractivity contribution in [3.05, 3.63) is 35.8 Å².